The first-order chi connectivity index (χ1) is 11.4. The van der Waals surface area contributed by atoms with Gasteiger partial charge in [0.05, 0.1) is 15.8 Å². The van der Waals surface area contributed by atoms with Crippen LogP contribution in [-0.4, -0.2) is 22.8 Å². The Labute approximate surface area is 146 Å². The zero-order valence-corrected chi connectivity index (χ0v) is 13.6. The maximum Gasteiger partial charge on any atom is 0.268 e. The van der Waals surface area contributed by atoms with E-state index in [1.807, 2.05) is 0 Å². The number of carbonyl (C=O) groups excluding carboxylic acids is 1. The van der Waals surface area contributed by atoms with Crippen LogP contribution in [0.3, 0.4) is 0 Å². The Morgan fingerprint density at radius 2 is 2.00 bits per heavy atom. The number of oxime groups is 1. The standard InChI is InChI=1S/C16H11Cl2FN2O3/c17-11-5-10(6-12(18)15(11)22)20-16(23)14-7-13(21-24-14)8-2-1-3-9(19)4-8/h1-6,14,22H,7H2,(H,20,23). The van der Waals surface area contributed by atoms with Crippen molar-refractivity contribution in [2.45, 2.75) is 12.5 Å². The lowest BCUT2D eigenvalue weighted by Gasteiger charge is -2.11. The van der Waals surface area contributed by atoms with Crippen LogP contribution in [0.4, 0.5) is 10.1 Å². The van der Waals surface area contributed by atoms with Gasteiger partial charge in [0.1, 0.15) is 5.82 Å². The number of nitrogens with zero attached hydrogens (tertiary/aromatic N) is 1. The number of phenolic OH excluding ortho intramolecular Hbond substituents is 1. The summed E-state index contributed by atoms with van der Waals surface area (Å²) in [5.41, 5.74) is 1.35. The van der Waals surface area contributed by atoms with Crippen molar-refractivity contribution < 1.29 is 19.1 Å². The first-order valence-corrected chi connectivity index (χ1v) is 7.67. The molecule has 3 rings (SSSR count). The molecule has 1 aliphatic rings. The number of phenols is 1. The van der Waals surface area contributed by atoms with Gasteiger partial charge in [0.2, 0.25) is 6.10 Å². The van der Waals surface area contributed by atoms with E-state index in [4.69, 9.17) is 28.0 Å². The summed E-state index contributed by atoms with van der Waals surface area (Å²) in [7, 11) is 0. The van der Waals surface area contributed by atoms with Gasteiger partial charge in [-0.25, -0.2) is 4.39 Å². The van der Waals surface area contributed by atoms with Gasteiger partial charge >= 0.3 is 0 Å². The normalized spacial score (nSPS) is 16.5. The lowest BCUT2D eigenvalue weighted by Crippen LogP contribution is -2.28. The predicted molar refractivity (Wildman–Crippen MR) is 89.2 cm³/mol. The van der Waals surface area contributed by atoms with E-state index in [9.17, 15) is 14.3 Å². The van der Waals surface area contributed by atoms with Crippen molar-refractivity contribution >= 4 is 40.5 Å². The van der Waals surface area contributed by atoms with E-state index in [1.54, 1.807) is 12.1 Å². The number of carbonyl (C=O) groups is 1. The molecular formula is C16H11Cl2FN2O3. The number of halogens is 3. The molecule has 1 heterocycles. The number of anilines is 1. The van der Waals surface area contributed by atoms with Gasteiger partial charge in [0, 0.05) is 17.7 Å². The predicted octanol–water partition coefficient (Wildman–Crippen LogP) is 3.97. The molecule has 0 radical (unpaired) electrons. The van der Waals surface area contributed by atoms with Crippen molar-refractivity contribution in [3.05, 3.63) is 57.8 Å². The van der Waals surface area contributed by atoms with Gasteiger partial charge in [-0.05, 0) is 24.3 Å². The number of benzene rings is 2. The molecule has 1 aliphatic heterocycles. The molecule has 0 saturated carbocycles. The minimum Gasteiger partial charge on any atom is -0.505 e. The fourth-order valence-corrected chi connectivity index (χ4v) is 2.70. The summed E-state index contributed by atoms with van der Waals surface area (Å²) in [4.78, 5) is 17.4. The Morgan fingerprint density at radius 3 is 2.67 bits per heavy atom. The Morgan fingerprint density at radius 1 is 1.29 bits per heavy atom. The van der Waals surface area contributed by atoms with Crippen LogP contribution in [0.1, 0.15) is 12.0 Å². The van der Waals surface area contributed by atoms with E-state index >= 15 is 0 Å². The van der Waals surface area contributed by atoms with Crippen LogP contribution in [-0.2, 0) is 9.63 Å². The molecule has 0 aliphatic carbocycles. The highest BCUT2D eigenvalue weighted by Gasteiger charge is 2.29. The zero-order chi connectivity index (χ0) is 17.3. The number of hydrogen-bond acceptors (Lipinski definition) is 4. The molecule has 8 heteroatoms. The van der Waals surface area contributed by atoms with Crippen LogP contribution in [0, 0.1) is 5.82 Å². The van der Waals surface area contributed by atoms with Gasteiger partial charge in [0.15, 0.2) is 5.75 Å². The number of rotatable bonds is 3. The van der Waals surface area contributed by atoms with Crippen molar-refractivity contribution in [3.63, 3.8) is 0 Å². The molecule has 2 N–H and O–H groups in total. The summed E-state index contributed by atoms with van der Waals surface area (Å²) in [5.74, 6) is -1.11. The molecule has 0 bridgehead atoms. The molecule has 1 amide bonds. The largest absolute Gasteiger partial charge is 0.505 e. The second-order valence-corrected chi connectivity index (χ2v) is 5.94. The third-order valence-corrected chi connectivity index (χ3v) is 3.98. The Bertz CT molecular complexity index is 819. The lowest BCUT2D eigenvalue weighted by atomic mass is 10.0. The fraction of sp³-hybridized carbons (Fsp3) is 0.125. The van der Waals surface area contributed by atoms with Crippen molar-refractivity contribution in [1.29, 1.82) is 0 Å². The minimum absolute atomic E-state index is 0.0156. The average Bonchev–Trinajstić information content (AvgIpc) is 3.02. The molecule has 124 valence electrons. The monoisotopic (exact) mass is 368 g/mol. The van der Waals surface area contributed by atoms with Gasteiger partial charge in [-0.3, -0.25) is 4.79 Å². The van der Waals surface area contributed by atoms with Gasteiger partial charge in [-0.1, -0.05) is 40.5 Å². The van der Waals surface area contributed by atoms with E-state index < -0.39 is 17.8 Å². The van der Waals surface area contributed by atoms with Gasteiger partial charge in [-0.2, -0.15) is 0 Å². The van der Waals surface area contributed by atoms with E-state index in [0.29, 0.717) is 17.0 Å². The second kappa shape index (κ2) is 6.67. The molecule has 0 saturated heterocycles. The summed E-state index contributed by atoms with van der Waals surface area (Å²) in [5, 5.41) is 16.0. The molecule has 24 heavy (non-hydrogen) atoms. The smallest absolute Gasteiger partial charge is 0.268 e. The summed E-state index contributed by atoms with van der Waals surface area (Å²) in [6.07, 6.45) is -0.649. The third-order valence-electron chi connectivity index (χ3n) is 3.40. The first kappa shape index (κ1) is 16.5. The highest BCUT2D eigenvalue weighted by atomic mass is 35.5. The molecule has 1 atom stereocenters. The Balaban J connectivity index is 1.68. The molecule has 5 nitrogen and oxygen atoms in total. The molecule has 0 spiro atoms. The lowest BCUT2D eigenvalue weighted by molar-refractivity contribution is -0.125. The highest BCUT2D eigenvalue weighted by molar-refractivity contribution is 6.37. The molecule has 1 unspecified atom stereocenters. The van der Waals surface area contributed by atoms with E-state index in [0.717, 1.165) is 0 Å². The minimum atomic E-state index is -0.852. The SMILES string of the molecule is O=C(Nc1cc(Cl)c(O)c(Cl)c1)C1CC(c2cccc(F)c2)=NO1. The number of hydrogen-bond donors (Lipinski definition) is 2. The van der Waals surface area contributed by atoms with Crippen molar-refractivity contribution in [1.82, 2.24) is 0 Å². The van der Waals surface area contributed by atoms with E-state index in [2.05, 4.69) is 10.5 Å². The number of nitrogens with one attached hydrogen (secondary N) is 1. The average molecular weight is 369 g/mol. The summed E-state index contributed by atoms with van der Waals surface area (Å²) >= 11 is 11.6. The first-order valence-electron chi connectivity index (χ1n) is 6.91. The molecule has 0 aromatic heterocycles. The summed E-state index contributed by atoms with van der Waals surface area (Å²) in [6.45, 7) is 0. The maximum absolute atomic E-state index is 13.3. The van der Waals surface area contributed by atoms with Crippen LogP contribution in [0.2, 0.25) is 10.0 Å². The van der Waals surface area contributed by atoms with E-state index in [1.165, 1.54) is 24.3 Å². The van der Waals surface area contributed by atoms with Crippen LogP contribution in [0.5, 0.6) is 5.75 Å². The van der Waals surface area contributed by atoms with Gasteiger partial charge < -0.3 is 15.3 Å². The van der Waals surface area contributed by atoms with Crippen molar-refractivity contribution in [2.24, 2.45) is 5.16 Å². The van der Waals surface area contributed by atoms with Gasteiger partial charge in [-0.15, -0.1) is 0 Å². The van der Waals surface area contributed by atoms with E-state index in [-0.39, 0.29) is 22.2 Å². The number of amides is 1. The zero-order valence-electron chi connectivity index (χ0n) is 12.1. The summed E-state index contributed by atoms with van der Waals surface area (Å²) in [6, 6.07) is 8.62. The van der Waals surface area contributed by atoms with Crippen LogP contribution in [0.15, 0.2) is 41.6 Å². The molecule has 0 fully saturated rings. The number of aromatic hydroxyl groups is 1. The molecule has 2 aromatic rings. The van der Waals surface area contributed by atoms with Crippen molar-refractivity contribution in [2.75, 3.05) is 5.32 Å². The maximum atomic E-state index is 13.3. The Kier molecular flexibility index (Phi) is 4.59. The molecular weight excluding hydrogens is 358 g/mol. The Hall–Kier alpha value is -2.31. The van der Waals surface area contributed by atoms with Crippen LogP contribution in [0.25, 0.3) is 0 Å². The van der Waals surface area contributed by atoms with Crippen LogP contribution < -0.4 is 5.32 Å². The van der Waals surface area contributed by atoms with Crippen LogP contribution >= 0.6 is 23.2 Å². The topological polar surface area (TPSA) is 70.9 Å². The summed E-state index contributed by atoms with van der Waals surface area (Å²) < 4.78 is 13.3. The quantitative estimate of drug-likeness (QED) is 0.805. The molecule has 2 aromatic carbocycles. The van der Waals surface area contributed by atoms with Crippen molar-refractivity contribution in [3.8, 4) is 5.75 Å². The van der Waals surface area contributed by atoms with Gasteiger partial charge in [0.25, 0.3) is 5.91 Å². The third kappa shape index (κ3) is 3.44. The fourth-order valence-electron chi connectivity index (χ4n) is 2.22. The second-order valence-electron chi connectivity index (χ2n) is 5.12. The highest BCUT2D eigenvalue weighted by Crippen LogP contribution is 2.34.